The maximum atomic E-state index is 12.0. The second-order valence-electron chi connectivity index (χ2n) is 6.14. The average Bonchev–Trinajstić information content (AvgIpc) is 3.21. The van der Waals surface area contributed by atoms with E-state index in [1.165, 1.54) is 32.1 Å². The molecule has 2 N–H and O–H groups in total. The number of hydrogen-bond acceptors (Lipinski definition) is 2. The van der Waals surface area contributed by atoms with E-state index in [9.17, 15) is 4.79 Å². The van der Waals surface area contributed by atoms with Crippen LogP contribution in [0.5, 0.6) is 0 Å². The van der Waals surface area contributed by atoms with Gasteiger partial charge in [0.05, 0.1) is 0 Å². The van der Waals surface area contributed by atoms with Gasteiger partial charge in [-0.25, -0.2) is 0 Å². The molecule has 0 aliphatic heterocycles. The molecular formula is C15H28N2O. The van der Waals surface area contributed by atoms with Gasteiger partial charge in [0.25, 0.3) is 0 Å². The van der Waals surface area contributed by atoms with E-state index in [1.807, 2.05) is 0 Å². The summed E-state index contributed by atoms with van der Waals surface area (Å²) < 4.78 is 0. The van der Waals surface area contributed by atoms with Crippen LogP contribution in [0.3, 0.4) is 0 Å². The lowest BCUT2D eigenvalue weighted by atomic mass is 9.90. The van der Waals surface area contributed by atoms with E-state index >= 15 is 0 Å². The van der Waals surface area contributed by atoms with E-state index in [1.54, 1.807) is 0 Å². The van der Waals surface area contributed by atoms with Crippen LogP contribution in [0.15, 0.2) is 0 Å². The van der Waals surface area contributed by atoms with Crippen LogP contribution < -0.4 is 10.6 Å². The molecule has 1 unspecified atom stereocenters. The molecule has 0 heterocycles. The third-order valence-corrected chi connectivity index (χ3v) is 4.50. The quantitative estimate of drug-likeness (QED) is 0.762. The third kappa shape index (κ3) is 3.98. The van der Waals surface area contributed by atoms with E-state index in [2.05, 4.69) is 24.5 Å². The van der Waals surface area contributed by atoms with Crippen molar-refractivity contribution < 1.29 is 4.79 Å². The van der Waals surface area contributed by atoms with Crippen molar-refractivity contribution in [3.8, 4) is 0 Å². The minimum absolute atomic E-state index is 0.237. The molecule has 0 aromatic heterocycles. The van der Waals surface area contributed by atoms with E-state index in [-0.39, 0.29) is 5.92 Å². The number of nitrogens with one attached hydrogen (secondary N) is 2. The summed E-state index contributed by atoms with van der Waals surface area (Å²) in [5.74, 6) is 1.20. The Kier molecular flexibility index (Phi) is 5.04. The zero-order chi connectivity index (χ0) is 13.0. The Morgan fingerprint density at radius 1 is 1.11 bits per heavy atom. The smallest absolute Gasteiger partial charge is 0.223 e. The topological polar surface area (TPSA) is 41.1 Å². The first-order valence-electron chi connectivity index (χ1n) is 7.74. The second-order valence-corrected chi connectivity index (χ2v) is 6.14. The predicted octanol–water partition coefficient (Wildman–Crippen LogP) is 2.46. The number of rotatable bonds is 6. The molecule has 0 aromatic rings. The molecule has 0 saturated heterocycles. The van der Waals surface area contributed by atoms with Crippen molar-refractivity contribution in [2.24, 2.45) is 11.8 Å². The highest BCUT2D eigenvalue weighted by atomic mass is 16.1. The summed E-state index contributed by atoms with van der Waals surface area (Å²) in [4.78, 5) is 12.0. The lowest BCUT2D eigenvalue weighted by Crippen LogP contribution is -2.44. The summed E-state index contributed by atoms with van der Waals surface area (Å²) in [5.41, 5.74) is 0. The first kappa shape index (κ1) is 13.9. The summed E-state index contributed by atoms with van der Waals surface area (Å²) in [6.45, 7) is 5.42. The molecule has 0 radical (unpaired) electrons. The Morgan fingerprint density at radius 2 is 1.72 bits per heavy atom. The third-order valence-electron chi connectivity index (χ3n) is 4.50. The van der Waals surface area contributed by atoms with Gasteiger partial charge < -0.3 is 10.6 Å². The normalized spacial score (nSPS) is 29.9. The molecule has 0 bridgehead atoms. The summed E-state index contributed by atoms with van der Waals surface area (Å²) in [6, 6.07) is 1.11. The van der Waals surface area contributed by atoms with Crippen molar-refractivity contribution in [3.63, 3.8) is 0 Å². The summed E-state index contributed by atoms with van der Waals surface area (Å²) in [7, 11) is 0. The van der Waals surface area contributed by atoms with Crippen molar-refractivity contribution in [1.82, 2.24) is 10.6 Å². The monoisotopic (exact) mass is 252 g/mol. The van der Waals surface area contributed by atoms with Crippen LogP contribution in [0.2, 0.25) is 0 Å². The van der Waals surface area contributed by atoms with Crippen molar-refractivity contribution >= 4 is 5.91 Å². The van der Waals surface area contributed by atoms with Crippen molar-refractivity contribution in [1.29, 1.82) is 0 Å². The molecule has 0 aromatic carbocycles. The molecule has 1 atom stereocenters. The minimum Gasteiger partial charge on any atom is -0.353 e. The fraction of sp³-hybridized carbons (Fsp3) is 0.933. The van der Waals surface area contributed by atoms with Crippen LogP contribution in [0, 0.1) is 11.8 Å². The molecule has 0 spiro atoms. The highest BCUT2D eigenvalue weighted by molar-refractivity contribution is 5.79. The van der Waals surface area contributed by atoms with E-state index in [4.69, 9.17) is 0 Å². The highest BCUT2D eigenvalue weighted by Crippen LogP contribution is 2.36. The van der Waals surface area contributed by atoms with Gasteiger partial charge in [-0.2, -0.15) is 0 Å². The lowest BCUT2D eigenvalue weighted by Gasteiger charge is -2.30. The molecule has 3 nitrogen and oxygen atoms in total. The van der Waals surface area contributed by atoms with Crippen LogP contribution in [0.4, 0.5) is 0 Å². The molecule has 104 valence electrons. The predicted molar refractivity (Wildman–Crippen MR) is 74.4 cm³/mol. The largest absolute Gasteiger partial charge is 0.353 e. The highest BCUT2D eigenvalue weighted by Gasteiger charge is 2.33. The van der Waals surface area contributed by atoms with Crippen LogP contribution in [-0.4, -0.2) is 24.5 Å². The Morgan fingerprint density at radius 3 is 2.28 bits per heavy atom. The van der Waals surface area contributed by atoms with Gasteiger partial charge in [0.15, 0.2) is 0 Å². The van der Waals surface area contributed by atoms with Gasteiger partial charge in [0.1, 0.15) is 0 Å². The second kappa shape index (κ2) is 6.55. The molecule has 3 heteroatoms. The molecule has 2 aliphatic carbocycles. The summed E-state index contributed by atoms with van der Waals surface area (Å²) >= 11 is 0. The SMILES string of the molecule is CCCNC1CCC(NC(=O)C(C)C2CC2)CC1. The zero-order valence-electron chi connectivity index (χ0n) is 11.9. The van der Waals surface area contributed by atoms with Crippen molar-refractivity contribution in [3.05, 3.63) is 0 Å². The van der Waals surface area contributed by atoms with E-state index in [0.717, 1.165) is 19.4 Å². The van der Waals surface area contributed by atoms with Crippen molar-refractivity contribution in [2.75, 3.05) is 6.54 Å². The fourth-order valence-corrected chi connectivity index (χ4v) is 2.93. The average molecular weight is 252 g/mol. The van der Waals surface area contributed by atoms with Gasteiger partial charge >= 0.3 is 0 Å². The standard InChI is InChI=1S/C15H28N2O/c1-3-10-16-13-6-8-14(9-7-13)17-15(18)11(2)12-4-5-12/h11-14,16H,3-10H2,1-2H3,(H,17,18). The van der Waals surface area contributed by atoms with Crippen LogP contribution >= 0.6 is 0 Å². The number of amides is 1. The first-order chi connectivity index (χ1) is 8.70. The van der Waals surface area contributed by atoms with E-state index < -0.39 is 0 Å². The van der Waals surface area contributed by atoms with Gasteiger partial charge in [-0.3, -0.25) is 4.79 Å². The lowest BCUT2D eigenvalue weighted by molar-refractivity contribution is -0.126. The maximum absolute atomic E-state index is 12.0. The molecular weight excluding hydrogens is 224 g/mol. The number of carbonyl (C=O) groups excluding carboxylic acids is 1. The molecule has 2 fully saturated rings. The van der Waals surface area contributed by atoms with Gasteiger partial charge in [0, 0.05) is 18.0 Å². The van der Waals surface area contributed by atoms with Gasteiger partial charge in [-0.15, -0.1) is 0 Å². The number of carbonyl (C=O) groups is 1. The van der Waals surface area contributed by atoms with Gasteiger partial charge in [-0.05, 0) is 57.4 Å². The Bertz CT molecular complexity index is 268. The van der Waals surface area contributed by atoms with Gasteiger partial charge in [-0.1, -0.05) is 13.8 Å². The number of hydrogen-bond donors (Lipinski definition) is 2. The fourth-order valence-electron chi connectivity index (χ4n) is 2.93. The summed E-state index contributed by atoms with van der Waals surface area (Å²) in [6.07, 6.45) is 8.42. The molecule has 2 aliphatic rings. The Balaban J connectivity index is 1.65. The van der Waals surface area contributed by atoms with Crippen LogP contribution in [-0.2, 0) is 4.79 Å². The molecule has 2 rings (SSSR count). The summed E-state index contributed by atoms with van der Waals surface area (Å²) in [5, 5.41) is 6.83. The zero-order valence-corrected chi connectivity index (χ0v) is 11.9. The maximum Gasteiger partial charge on any atom is 0.223 e. The van der Waals surface area contributed by atoms with E-state index in [0.29, 0.717) is 23.9 Å². The molecule has 18 heavy (non-hydrogen) atoms. The molecule has 2 saturated carbocycles. The van der Waals surface area contributed by atoms with Gasteiger partial charge in [0.2, 0.25) is 5.91 Å². The van der Waals surface area contributed by atoms with Crippen LogP contribution in [0.1, 0.15) is 58.8 Å². The van der Waals surface area contributed by atoms with Crippen LogP contribution in [0.25, 0.3) is 0 Å². The Hall–Kier alpha value is -0.570. The Labute approximate surface area is 111 Å². The minimum atomic E-state index is 0.237. The molecule has 1 amide bonds. The van der Waals surface area contributed by atoms with Crippen molar-refractivity contribution in [2.45, 2.75) is 70.9 Å². The first-order valence-corrected chi connectivity index (χ1v) is 7.74.